The summed E-state index contributed by atoms with van der Waals surface area (Å²) in [6.07, 6.45) is 2.06. The fourth-order valence-corrected chi connectivity index (χ4v) is 4.53. The number of fused-ring (bicyclic) bond motifs is 1. The van der Waals surface area contributed by atoms with E-state index in [1.165, 1.54) is 22.9 Å². The summed E-state index contributed by atoms with van der Waals surface area (Å²) in [5, 5.41) is 0.900. The molecule has 3 heterocycles. The molecule has 0 spiro atoms. The molecule has 2 aromatic carbocycles. The Bertz CT molecular complexity index is 1280. The number of hydrogen-bond donors (Lipinski definition) is 1. The lowest BCUT2D eigenvalue weighted by Gasteiger charge is -2.37. The second kappa shape index (κ2) is 10.5. The van der Waals surface area contributed by atoms with E-state index in [9.17, 15) is 4.79 Å². The molecule has 4 aromatic rings. The van der Waals surface area contributed by atoms with Crippen LogP contribution in [-0.4, -0.2) is 54.2 Å². The summed E-state index contributed by atoms with van der Waals surface area (Å²) in [5.74, 6) is 0.556. The van der Waals surface area contributed by atoms with Crippen molar-refractivity contribution in [1.29, 1.82) is 0 Å². The summed E-state index contributed by atoms with van der Waals surface area (Å²) >= 11 is 0. The Morgan fingerprint density at radius 1 is 0.824 bits per heavy atom. The summed E-state index contributed by atoms with van der Waals surface area (Å²) in [5.41, 5.74) is 4.32. The van der Waals surface area contributed by atoms with Gasteiger partial charge in [0, 0.05) is 54.9 Å². The zero-order valence-corrected chi connectivity index (χ0v) is 19.3. The highest BCUT2D eigenvalue weighted by Crippen LogP contribution is 2.31. The maximum atomic E-state index is 11.5. The molecule has 34 heavy (non-hydrogen) atoms. The highest BCUT2D eigenvalue weighted by Gasteiger charge is 2.19. The highest BCUT2D eigenvalue weighted by atomic mass is 16.5. The Hall–Kier alpha value is -3.64. The fraction of sp³-hybridized carbons (Fsp3) is 0.286. The number of aromatic amines is 1. The highest BCUT2D eigenvalue weighted by molar-refractivity contribution is 5.78. The molecule has 5 rings (SSSR count). The van der Waals surface area contributed by atoms with E-state index < -0.39 is 0 Å². The van der Waals surface area contributed by atoms with Crippen molar-refractivity contribution in [3.8, 4) is 17.0 Å². The molecule has 1 saturated heterocycles. The Labute approximate surface area is 199 Å². The van der Waals surface area contributed by atoms with Gasteiger partial charge in [0.05, 0.1) is 6.61 Å². The molecule has 174 valence electrons. The van der Waals surface area contributed by atoms with Gasteiger partial charge < -0.3 is 14.6 Å². The van der Waals surface area contributed by atoms with Crippen molar-refractivity contribution in [3.05, 3.63) is 89.2 Å². The van der Waals surface area contributed by atoms with E-state index in [-0.39, 0.29) is 5.56 Å². The van der Waals surface area contributed by atoms with Gasteiger partial charge in [0.2, 0.25) is 11.4 Å². The lowest BCUT2D eigenvalue weighted by Crippen LogP contribution is -2.46. The molecule has 0 atom stereocenters. The van der Waals surface area contributed by atoms with Crippen molar-refractivity contribution < 1.29 is 4.74 Å². The first-order valence-corrected chi connectivity index (χ1v) is 12.0. The van der Waals surface area contributed by atoms with Gasteiger partial charge in [-0.25, -0.2) is 0 Å². The average molecular weight is 455 g/mol. The Morgan fingerprint density at radius 2 is 1.59 bits per heavy atom. The monoisotopic (exact) mass is 454 g/mol. The SMILES string of the molecule is O=c1ccc2ccc(OCCCCN3CCN(c4ccccc4-c4ccccc4)CC3)nc2[nH]1. The minimum atomic E-state index is -0.152. The van der Waals surface area contributed by atoms with Gasteiger partial charge in [0.25, 0.3) is 0 Å². The van der Waals surface area contributed by atoms with Crippen LogP contribution in [0.5, 0.6) is 5.88 Å². The van der Waals surface area contributed by atoms with Crippen molar-refractivity contribution in [2.45, 2.75) is 12.8 Å². The second-order valence-electron chi connectivity index (χ2n) is 8.68. The van der Waals surface area contributed by atoms with Crippen molar-refractivity contribution in [3.63, 3.8) is 0 Å². The van der Waals surface area contributed by atoms with Gasteiger partial charge in [0.1, 0.15) is 5.65 Å². The molecular weight excluding hydrogens is 424 g/mol. The standard InChI is InChI=1S/C28H30N4O2/c33-26-14-12-23-13-15-27(30-28(23)29-26)34-21-7-6-16-31-17-19-32(20-18-31)25-11-5-4-10-24(25)22-8-2-1-3-9-22/h1-5,8-15H,6-7,16-21H2,(H,29,30,33). The number of piperazine rings is 1. The molecule has 0 radical (unpaired) electrons. The van der Waals surface area contributed by atoms with Gasteiger partial charge in [-0.1, -0.05) is 48.5 Å². The van der Waals surface area contributed by atoms with E-state index >= 15 is 0 Å². The summed E-state index contributed by atoms with van der Waals surface area (Å²) in [6.45, 7) is 5.93. The second-order valence-corrected chi connectivity index (χ2v) is 8.68. The molecule has 1 aliphatic rings. The summed E-state index contributed by atoms with van der Waals surface area (Å²) in [7, 11) is 0. The molecule has 0 unspecified atom stereocenters. The number of benzene rings is 2. The number of ether oxygens (including phenoxy) is 1. The van der Waals surface area contributed by atoms with Crippen LogP contribution < -0.4 is 15.2 Å². The predicted octanol–water partition coefficient (Wildman–Crippen LogP) is 4.57. The lowest BCUT2D eigenvalue weighted by atomic mass is 10.0. The number of anilines is 1. The first-order valence-electron chi connectivity index (χ1n) is 12.0. The van der Waals surface area contributed by atoms with Gasteiger partial charge in [-0.3, -0.25) is 9.69 Å². The smallest absolute Gasteiger partial charge is 0.249 e. The molecule has 0 saturated carbocycles. The van der Waals surface area contributed by atoms with Crippen molar-refractivity contribution >= 4 is 16.7 Å². The van der Waals surface area contributed by atoms with E-state index in [0.717, 1.165) is 51.0 Å². The van der Waals surface area contributed by atoms with Crippen LogP contribution in [0.15, 0.2) is 83.7 Å². The molecule has 2 aromatic heterocycles. The Kier molecular flexibility index (Phi) is 6.86. The minimum Gasteiger partial charge on any atom is -0.478 e. The molecule has 0 bridgehead atoms. The molecule has 1 N–H and O–H groups in total. The van der Waals surface area contributed by atoms with Gasteiger partial charge in [-0.05, 0) is 43.1 Å². The van der Waals surface area contributed by atoms with Gasteiger partial charge in [0.15, 0.2) is 0 Å². The van der Waals surface area contributed by atoms with Crippen LogP contribution in [-0.2, 0) is 0 Å². The first kappa shape index (κ1) is 22.2. The number of pyridine rings is 2. The van der Waals surface area contributed by atoms with Crippen LogP contribution in [0.4, 0.5) is 5.69 Å². The van der Waals surface area contributed by atoms with Crippen molar-refractivity contribution in [2.75, 3.05) is 44.2 Å². The maximum Gasteiger partial charge on any atom is 0.249 e. The van der Waals surface area contributed by atoms with Gasteiger partial charge in [-0.2, -0.15) is 4.98 Å². The predicted molar refractivity (Wildman–Crippen MR) is 138 cm³/mol. The molecule has 1 aliphatic heterocycles. The van der Waals surface area contributed by atoms with Crippen molar-refractivity contribution in [2.24, 2.45) is 0 Å². The largest absolute Gasteiger partial charge is 0.478 e. The van der Waals surface area contributed by atoms with Crippen LogP contribution in [0.25, 0.3) is 22.2 Å². The number of hydrogen-bond acceptors (Lipinski definition) is 5. The van der Waals surface area contributed by atoms with Gasteiger partial charge >= 0.3 is 0 Å². The fourth-order valence-electron chi connectivity index (χ4n) is 4.53. The van der Waals surface area contributed by atoms with Crippen LogP contribution in [0.3, 0.4) is 0 Å². The van der Waals surface area contributed by atoms with E-state index in [1.807, 2.05) is 12.1 Å². The third-order valence-electron chi connectivity index (χ3n) is 6.38. The van der Waals surface area contributed by atoms with E-state index in [2.05, 4.69) is 74.4 Å². The third-order valence-corrected chi connectivity index (χ3v) is 6.38. The topological polar surface area (TPSA) is 61.5 Å². The van der Waals surface area contributed by atoms with Crippen LogP contribution in [0, 0.1) is 0 Å². The minimum absolute atomic E-state index is 0.152. The maximum absolute atomic E-state index is 11.5. The van der Waals surface area contributed by atoms with Crippen molar-refractivity contribution in [1.82, 2.24) is 14.9 Å². The molecule has 6 heteroatoms. The third kappa shape index (κ3) is 5.29. The lowest BCUT2D eigenvalue weighted by molar-refractivity contribution is 0.237. The number of rotatable bonds is 8. The van der Waals surface area contributed by atoms with Gasteiger partial charge in [-0.15, -0.1) is 0 Å². The summed E-state index contributed by atoms with van der Waals surface area (Å²) < 4.78 is 5.81. The van der Waals surface area contributed by atoms with E-state index in [1.54, 1.807) is 6.07 Å². The zero-order chi connectivity index (χ0) is 23.2. The zero-order valence-electron chi connectivity index (χ0n) is 19.3. The Morgan fingerprint density at radius 3 is 2.44 bits per heavy atom. The normalized spacial score (nSPS) is 14.4. The number of aromatic nitrogens is 2. The van der Waals surface area contributed by atoms with E-state index in [0.29, 0.717) is 18.1 Å². The summed E-state index contributed by atoms with van der Waals surface area (Å²) in [4.78, 5) is 23.7. The quantitative estimate of drug-likeness (QED) is 0.395. The number of unbranched alkanes of at least 4 members (excludes halogenated alkanes) is 1. The molecule has 0 aliphatic carbocycles. The van der Waals surface area contributed by atoms with E-state index in [4.69, 9.17) is 4.74 Å². The number of nitrogens with one attached hydrogen (secondary N) is 1. The van der Waals surface area contributed by atoms with Crippen LogP contribution in [0.1, 0.15) is 12.8 Å². The van der Waals surface area contributed by atoms with Crippen LogP contribution >= 0.6 is 0 Å². The number of H-pyrrole nitrogens is 1. The first-order chi connectivity index (χ1) is 16.8. The number of nitrogens with zero attached hydrogens (tertiary/aromatic N) is 3. The molecule has 1 fully saturated rings. The van der Waals surface area contributed by atoms with Crippen LogP contribution in [0.2, 0.25) is 0 Å². The molecule has 6 nitrogen and oxygen atoms in total. The molecule has 0 amide bonds. The number of para-hydroxylation sites is 1. The average Bonchev–Trinajstić information content (AvgIpc) is 2.89. The summed E-state index contributed by atoms with van der Waals surface area (Å²) in [6, 6.07) is 26.4. The molecular formula is C28H30N4O2. The Balaban J connectivity index is 1.07.